The standard InChI is InChI=1S/C13H20F2N4/c1-13(14,15)8-19-6-2-3-10(7-19)12-16-11(17-18-12)9-4-5-9/h9-10H,2-8H2,1H3,(H,16,17,18). The van der Waals surface area contributed by atoms with E-state index in [1.807, 2.05) is 4.90 Å². The van der Waals surface area contributed by atoms with Crippen LogP contribution < -0.4 is 0 Å². The highest BCUT2D eigenvalue weighted by Crippen LogP contribution is 2.38. The summed E-state index contributed by atoms with van der Waals surface area (Å²) in [6.07, 6.45) is 4.31. The van der Waals surface area contributed by atoms with Crippen LogP contribution in [0.5, 0.6) is 0 Å². The van der Waals surface area contributed by atoms with Crippen molar-refractivity contribution in [1.82, 2.24) is 20.1 Å². The molecule has 3 rings (SSSR count). The number of aromatic amines is 1. The molecule has 1 saturated heterocycles. The number of aromatic nitrogens is 3. The van der Waals surface area contributed by atoms with E-state index in [1.54, 1.807) is 0 Å². The molecule has 2 fully saturated rings. The normalized spacial score (nSPS) is 25.7. The highest BCUT2D eigenvalue weighted by molar-refractivity contribution is 5.08. The molecule has 1 aromatic heterocycles. The van der Waals surface area contributed by atoms with E-state index < -0.39 is 5.92 Å². The number of hydrogen-bond acceptors (Lipinski definition) is 3. The second-order valence-corrected chi connectivity index (χ2v) is 6.00. The number of halogens is 2. The number of nitrogens with zero attached hydrogens (tertiary/aromatic N) is 3. The van der Waals surface area contributed by atoms with Gasteiger partial charge in [-0.3, -0.25) is 10.00 Å². The molecular weight excluding hydrogens is 250 g/mol. The summed E-state index contributed by atoms with van der Waals surface area (Å²) in [5, 5.41) is 7.28. The minimum Gasteiger partial charge on any atom is -0.297 e. The second-order valence-electron chi connectivity index (χ2n) is 6.00. The Balaban J connectivity index is 1.63. The Morgan fingerprint density at radius 1 is 1.32 bits per heavy atom. The van der Waals surface area contributed by atoms with Crippen LogP contribution in [0.2, 0.25) is 0 Å². The number of piperidine rings is 1. The summed E-state index contributed by atoms with van der Waals surface area (Å²) in [4.78, 5) is 6.38. The van der Waals surface area contributed by atoms with Gasteiger partial charge in [0.2, 0.25) is 0 Å². The maximum absolute atomic E-state index is 13.1. The summed E-state index contributed by atoms with van der Waals surface area (Å²) in [6.45, 7) is 2.21. The molecule has 0 aromatic carbocycles. The molecule has 0 bridgehead atoms. The molecule has 0 spiro atoms. The fourth-order valence-corrected chi connectivity index (χ4v) is 2.81. The van der Waals surface area contributed by atoms with Gasteiger partial charge in [0.05, 0.1) is 6.54 Å². The van der Waals surface area contributed by atoms with Gasteiger partial charge in [-0.15, -0.1) is 0 Å². The van der Waals surface area contributed by atoms with Crippen molar-refractivity contribution in [1.29, 1.82) is 0 Å². The molecule has 106 valence electrons. The van der Waals surface area contributed by atoms with Crippen molar-refractivity contribution in [3.05, 3.63) is 11.6 Å². The number of alkyl halides is 2. The Morgan fingerprint density at radius 3 is 2.79 bits per heavy atom. The molecule has 1 N–H and O–H groups in total. The lowest BCUT2D eigenvalue weighted by atomic mass is 9.97. The van der Waals surface area contributed by atoms with Crippen LogP contribution in [-0.2, 0) is 0 Å². The summed E-state index contributed by atoms with van der Waals surface area (Å²) in [6, 6.07) is 0. The molecule has 1 aliphatic carbocycles. The molecule has 0 amide bonds. The summed E-state index contributed by atoms with van der Waals surface area (Å²) < 4.78 is 26.2. The molecule has 0 radical (unpaired) electrons. The van der Waals surface area contributed by atoms with Gasteiger partial charge in [0, 0.05) is 25.3 Å². The molecule has 2 heterocycles. The van der Waals surface area contributed by atoms with Crippen LogP contribution >= 0.6 is 0 Å². The topological polar surface area (TPSA) is 44.8 Å². The largest absolute Gasteiger partial charge is 0.297 e. The molecular formula is C13H20F2N4. The molecule has 1 atom stereocenters. The van der Waals surface area contributed by atoms with Gasteiger partial charge >= 0.3 is 0 Å². The molecule has 1 aromatic rings. The van der Waals surface area contributed by atoms with Crippen molar-refractivity contribution in [3.8, 4) is 0 Å². The zero-order chi connectivity index (χ0) is 13.5. The number of likely N-dealkylation sites (tertiary alicyclic amines) is 1. The number of rotatable bonds is 4. The van der Waals surface area contributed by atoms with Crippen LogP contribution in [0.4, 0.5) is 8.78 Å². The lowest BCUT2D eigenvalue weighted by Crippen LogP contribution is -2.41. The number of H-pyrrole nitrogens is 1. The molecule has 1 saturated carbocycles. The summed E-state index contributed by atoms with van der Waals surface area (Å²) >= 11 is 0. The molecule has 6 heteroatoms. The molecule has 19 heavy (non-hydrogen) atoms. The second kappa shape index (κ2) is 4.81. The van der Waals surface area contributed by atoms with Crippen molar-refractivity contribution in [2.45, 2.75) is 50.4 Å². The Hall–Kier alpha value is -1.04. The lowest BCUT2D eigenvalue weighted by Gasteiger charge is -2.32. The summed E-state index contributed by atoms with van der Waals surface area (Å²) in [5.41, 5.74) is 0. The van der Waals surface area contributed by atoms with Crippen LogP contribution in [0.15, 0.2) is 0 Å². The van der Waals surface area contributed by atoms with Crippen LogP contribution in [0.1, 0.15) is 56.1 Å². The van der Waals surface area contributed by atoms with E-state index in [4.69, 9.17) is 0 Å². The SMILES string of the molecule is CC(F)(F)CN1CCCC(c2n[nH]c(C3CC3)n2)C1. The van der Waals surface area contributed by atoms with Gasteiger partial charge in [-0.2, -0.15) is 5.10 Å². The Morgan fingerprint density at radius 2 is 2.11 bits per heavy atom. The average molecular weight is 270 g/mol. The van der Waals surface area contributed by atoms with Gasteiger partial charge in [0.25, 0.3) is 5.92 Å². The van der Waals surface area contributed by atoms with E-state index in [-0.39, 0.29) is 12.5 Å². The van der Waals surface area contributed by atoms with E-state index in [0.717, 1.165) is 38.0 Å². The minimum atomic E-state index is -2.62. The number of nitrogens with one attached hydrogen (secondary N) is 1. The Bertz CT molecular complexity index is 436. The van der Waals surface area contributed by atoms with E-state index >= 15 is 0 Å². The van der Waals surface area contributed by atoms with Gasteiger partial charge in [-0.1, -0.05) is 0 Å². The van der Waals surface area contributed by atoms with Crippen LogP contribution in [0.25, 0.3) is 0 Å². The first kappa shape index (κ1) is 13.0. The molecule has 1 unspecified atom stereocenters. The zero-order valence-corrected chi connectivity index (χ0v) is 11.2. The highest BCUT2D eigenvalue weighted by Gasteiger charge is 2.32. The summed E-state index contributed by atoms with van der Waals surface area (Å²) in [5.74, 6) is -0.0835. The van der Waals surface area contributed by atoms with Gasteiger partial charge < -0.3 is 0 Å². The molecule has 4 nitrogen and oxygen atoms in total. The van der Waals surface area contributed by atoms with Gasteiger partial charge in [0.1, 0.15) is 5.82 Å². The van der Waals surface area contributed by atoms with Crippen molar-refractivity contribution in [3.63, 3.8) is 0 Å². The first-order chi connectivity index (χ1) is 9.01. The van der Waals surface area contributed by atoms with Crippen LogP contribution in [-0.4, -0.2) is 45.6 Å². The van der Waals surface area contributed by atoms with E-state index in [9.17, 15) is 8.78 Å². The smallest absolute Gasteiger partial charge is 0.257 e. The average Bonchev–Trinajstić information content (AvgIpc) is 3.05. The van der Waals surface area contributed by atoms with E-state index in [2.05, 4.69) is 15.2 Å². The maximum atomic E-state index is 13.1. The van der Waals surface area contributed by atoms with Crippen molar-refractivity contribution < 1.29 is 8.78 Å². The van der Waals surface area contributed by atoms with Crippen LogP contribution in [0.3, 0.4) is 0 Å². The Kier molecular flexibility index (Phi) is 3.28. The third-order valence-corrected chi connectivity index (χ3v) is 3.86. The van der Waals surface area contributed by atoms with Crippen LogP contribution in [0, 0.1) is 0 Å². The molecule has 1 aliphatic heterocycles. The fraction of sp³-hybridized carbons (Fsp3) is 0.846. The third kappa shape index (κ3) is 3.29. The first-order valence-corrected chi connectivity index (χ1v) is 7.03. The van der Waals surface area contributed by atoms with Gasteiger partial charge in [0.15, 0.2) is 5.82 Å². The Labute approximate surface area is 111 Å². The third-order valence-electron chi connectivity index (χ3n) is 3.86. The van der Waals surface area contributed by atoms with Crippen molar-refractivity contribution in [2.24, 2.45) is 0 Å². The minimum absolute atomic E-state index is 0.163. The number of hydrogen-bond donors (Lipinski definition) is 1. The highest BCUT2D eigenvalue weighted by atomic mass is 19.3. The first-order valence-electron chi connectivity index (χ1n) is 7.03. The van der Waals surface area contributed by atoms with E-state index in [1.165, 1.54) is 12.8 Å². The van der Waals surface area contributed by atoms with E-state index in [0.29, 0.717) is 12.5 Å². The van der Waals surface area contributed by atoms with Crippen molar-refractivity contribution in [2.75, 3.05) is 19.6 Å². The van der Waals surface area contributed by atoms with Crippen molar-refractivity contribution >= 4 is 0 Å². The zero-order valence-electron chi connectivity index (χ0n) is 11.2. The predicted molar refractivity (Wildman–Crippen MR) is 67.4 cm³/mol. The monoisotopic (exact) mass is 270 g/mol. The fourth-order valence-electron chi connectivity index (χ4n) is 2.81. The lowest BCUT2D eigenvalue weighted by molar-refractivity contribution is -0.0209. The molecule has 2 aliphatic rings. The predicted octanol–water partition coefficient (Wildman–Crippen LogP) is 2.52. The summed E-state index contributed by atoms with van der Waals surface area (Å²) in [7, 11) is 0. The van der Waals surface area contributed by atoms with Gasteiger partial charge in [-0.25, -0.2) is 13.8 Å². The quantitative estimate of drug-likeness (QED) is 0.914. The van der Waals surface area contributed by atoms with Gasteiger partial charge in [-0.05, 0) is 32.2 Å². The maximum Gasteiger partial charge on any atom is 0.257 e.